The van der Waals surface area contributed by atoms with Crippen LogP contribution in [0.3, 0.4) is 0 Å². The number of pyridine rings is 2. The Balaban J connectivity index is 1.69. The molecule has 12 atom stereocenters. The molecule has 288 valence electrons. The summed E-state index contributed by atoms with van der Waals surface area (Å²) >= 11 is 0. The molecule has 0 radical (unpaired) electrons. The van der Waals surface area contributed by atoms with Gasteiger partial charge in [0.25, 0.3) is 0 Å². The van der Waals surface area contributed by atoms with Gasteiger partial charge in [0.2, 0.25) is 0 Å². The van der Waals surface area contributed by atoms with E-state index in [1.54, 1.807) is 58.9 Å². The van der Waals surface area contributed by atoms with Gasteiger partial charge >= 0.3 is 29.8 Å². The van der Waals surface area contributed by atoms with Crippen molar-refractivity contribution in [3.63, 3.8) is 0 Å². The molecule has 2 saturated carbocycles. The van der Waals surface area contributed by atoms with Gasteiger partial charge in [-0.3, -0.25) is 24.4 Å². The van der Waals surface area contributed by atoms with Crippen LogP contribution >= 0.6 is 0 Å². The quantitative estimate of drug-likeness (QED) is 0.219. The third-order valence-corrected chi connectivity index (χ3v) is 11.4. The minimum absolute atomic E-state index is 0.0653. The molecule has 1 unspecified atom stereocenters. The third kappa shape index (κ3) is 6.18. The minimum atomic E-state index is -1.94. The second-order valence-corrected chi connectivity index (χ2v) is 15.3. The van der Waals surface area contributed by atoms with Crippen LogP contribution in [0.1, 0.15) is 75.6 Å². The molecule has 2 aromatic rings. The molecule has 0 aromatic carbocycles. The number of ether oxygens (including phenoxy) is 6. The van der Waals surface area contributed by atoms with Crippen LogP contribution in [0.15, 0.2) is 73.4 Å². The van der Waals surface area contributed by atoms with Gasteiger partial charge in [-0.15, -0.1) is 0 Å². The van der Waals surface area contributed by atoms with Crippen molar-refractivity contribution >= 4 is 29.8 Å². The molecule has 14 nitrogen and oxygen atoms in total. The number of nitrogens with zero attached hydrogens (tertiary/aromatic N) is 2. The Morgan fingerprint density at radius 2 is 1.52 bits per heavy atom. The summed E-state index contributed by atoms with van der Waals surface area (Å²) in [5.41, 5.74) is -4.81. The number of carbonyl (C=O) groups is 5. The smallest absolute Gasteiger partial charge is 0.340 e. The van der Waals surface area contributed by atoms with Crippen LogP contribution in [0.25, 0.3) is 0 Å². The largest absolute Gasteiger partial charge is 0.461 e. The van der Waals surface area contributed by atoms with Gasteiger partial charge in [-0.05, 0) is 56.5 Å². The Bertz CT molecular complexity index is 1850. The lowest BCUT2D eigenvalue weighted by Gasteiger charge is -2.52. The average Bonchev–Trinajstić information content (AvgIpc) is 3.50. The average molecular weight is 747 g/mol. The van der Waals surface area contributed by atoms with Crippen molar-refractivity contribution in [3.8, 4) is 0 Å². The second kappa shape index (κ2) is 14.4. The van der Waals surface area contributed by atoms with Crippen LogP contribution in [0.4, 0.5) is 0 Å². The highest BCUT2D eigenvalue weighted by molar-refractivity contribution is 5.90. The monoisotopic (exact) mass is 746 g/mol. The van der Waals surface area contributed by atoms with Crippen LogP contribution in [0.2, 0.25) is 0 Å². The summed E-state index contributed by atoms with van der Waals surface area (Å²) in [7, 11) is 0. The van der Waals surface area contributed by atoms with E-state index in [0.29, 0.717) is 5.57 Å². The Kier molecular flexibility index (Phi) is 10.3. The molecule has 1 saturated heterocycles. The molecule has 2 aromatic heterocycles. The fourth-order valence-electron chi connectivity index (χ4n) is 9.52. The van der Waals surface area contributed by atoms with Gasteiger partial charge in [-0.2, -0.15) is 0 Å². The molecule has 6 rings (SSSR count). The Morgan fingerprint density at radius 1 is 0.907 bits per heavy atom. The molecule has 1 aliphatic heterocycles. The van der Waals surface area contributed by atoms with Gasteiger partial charge in [0, 0.05) is 50.5 Å². The van der Waals surface area contributed by atoms with E-state index in [1.807, 2.05) is 0 Å². The first kappa shape index (κ1) is 38.8. The maximum atomic E-state index is 14.2. The van der Waals surface area contributed by atoms with Crippen LogP contribution in [-0.2, 0) is 42.8 Å². The van der Waals surface area contributed by atoms with Gasteiger partial charge < -0.3 is 33.5 Å². The molecular formula is C40H46N2O12. The van der Waals surface area contributed by atoms with Crippen molar-refractivity contribution < 1.29 is 57.5 Å². The Morgan fingerprint density at radius 3 is 2.04 bits per heavy atom. The van der Waals surface area contributed by atoms with E-state index < -0.39 is 107 Å². The van der Waals surface area contributed by atoms with Gasteiger partial charge in [-0.25, -0.2) is 9.59 Å². The SMILES string of the molecule is C=C(C)[C@H]1C=C[C@@H](OC(=O)C(C)C)[C@@]23C(O)O[C@@](C)([C@@H](OC(=O)c4cccnc4)[C@@]4(OC(C)=O)C[C@H](C)[C@H](OC(=O)c5cccnc5)[C@@H]4[C@H]2OC(C)=O)[C@H]13. The summed E-state index contributed by atoms with van der Waals surface area (Å²) in [5, 5.41) is 12.5. The lowest BCUT2D eigenvalue weighted by atomic mass is 9.54. The van der Waals surface area contributed by atoms with Crippen molar-refractivity contribution in [3.05, 3.63) is 84.5 Å². The van der Waals surface area contributed by atoms with Crippen LogP contribution in [0, 0.1) is 35.0 Å². The number of aliphatic hydroxyl groups excluding tert-OH is 1. The van der Waals surface area contributed by atoms with E-state index in [1.165, 1.54) is 50.8 Å². The molecule has 54 heavy (non-hydrogen) atoms. The topological polar surface area (TPSA) is 187 Å². The molecule has 14 heteroatoms. The number of fused-ring (bicyclic) bond motifs is 1. The van der Waals surface area contributed by atoms with E-state index >= 15 is 0 Å². The standard InChI is InChI=1S/C40H46N2O12/c1-20(2)27-13-14-28(50-33(45)21(3)4)40-31(27)38(8,54-37(40)48)36(52-35(47)26-12-10-16-42-19-26)39(53-24(7)44)17-22(5)30(29(39)32(40)49-23(6)43)51-34(46)25-11-9-15-41-18-25/h9-16,18-19,21-22,27-32,36-37,48H,1,17H2,2-8H3/t22-,27+,28+,29+,30-,31-,32+,36+,37?,38+,39+,40-/m0/s1. The number of allylic oxidation sites excluding steroid dienone is 2. The van der Waals surface area contributed by atoms with Crippen LogP contribution in [-0.4, -0.2) is 86.8 Å². The van der Waals surface area contributed by atoms with E-state index in [9.17, 15) is 29.1 Å². The molecule has 2 bridgehead atoms. The van der Waals surface area contributed by atoms with Crippen molar-refractivity contribution in [2.75, 3.05) is 0 Å². The molecule has 3 fully saturated rings. The molecule has 0 spiro atoms. The van der Waals surface area contributed by atoms with Crippen molar-refractivity contribution in [2.45, 2.75) is 96.8 Å². The molecule has 0 amide bonds. The number of hydrogen-bond donors (Lipinski definition) is 1. The zero-order chi connectivity index (χ0) is 39.3. The lowest BCUT2D eigenvalue weighted by Crippen LogP contribution is -2.66. The Labute approximate surface area is 313 Å². The fraction of sp³-hybridized carbons (Fsp3) is 0.525. The second-order valence-electron chi connectivity index (χ2n) is 15.3. The van der Waals surface area contributed by atoms with E-state index in [0.717, 1.165) is 0 Å². The normalized spacial score (nSPS) is 36.2. The number of hydrogen-bond acceptors (Lipinski definition) is 14. The predicted octanol–water partition coefficient (Wildman–Crippen LogP) is 4.17. The predicted molar refractivity (Wildman–Crippen MR) is 188 cm³/mol. The molecule has 3 aliphatic carbocycles. The van der Waals surface area contributed by atoms with Crippen molar-refractivity contribution in [1.82, 2.24) is 9.97 Å². The number of aliphatic hydroxyl groups is 1. The summed E-state index contributed by atoms with van der Waals surface area (Å²) in [6, 6.07) is 6.13. The van der Waals surface area contributed by atoms with E-state index in [4.69, 9.17) is 28.4 Å². The van der Waals surface area contributed by atoms with Gasteiger partial charge in [0.15, 0.2) is 18.0 Å². The Hall–Kier alpha value is -4.95. The summed E-state index contributed by atoms with van der Waals surface area (Å²) in [4.78, 5) is 76.4. The molecule has 1 N–H and O–H groups in total. The molecule has 3 heterocycles. The number of esters is 5. The molecule has 4 aliphatic rings. The number of rotatable bonds is 9. The van der Waals surface area contributed by atoms with Crippen LogP contribution < -0.4 is 0 Å². The van der Waals surface area contributed by atoms with Gasteiger partial charge in [-0.1, -0.05) is 39.0 Å². The highest BCUT2D eigenvalue weighted by atomic mass is 16.7. The maximum absolute atomic E-state index is 14.2. The summed E-state index contributed by atoms with van der Waals surface area (Å²) in [6.07, 6.45) is 1.42. The first-order valence-electron chi connectivity index (χ1n) is 18.0. The first-order valence-corrected chi connectivity index (χ1v) is 18.0. The van der Waals surface area contributed by atoms with Gasteiger partial charge in [0.1, 0.15) is 29.3 Å². The van der Waals surface area contributed by atoms with Gasteiger partial charge in [0.05, 0.1) is 23.0 Å². The zero-order valence-corrected chi connectivity index (χ0v) is 31.3. The summed E-state index contributed by atoms with van der Waals surface area (Å²) in [5.74, 6) is -8.12. The highest BCUT2D eigenvalue weighted by Gasteiger charge is 2.84. The maximum Gasteiger partial charge on any atom is 0.340 e. The van der Waals surface area contributed by atoms with Crippen molar-refractivity contribution in [1.29, 1.82) is 0 Å². The number of aromatic nitrogens is 2. The lowest BCUT2D eigenvalue weighted by molar-refractivity contribution is -0.282. The first-order chi connectivity index (χ1) is 25.5. The fourth-order valence-corrected chi connectivity index (χ4v) is 9.52. The number of carbonyl (C=O) groups excluding carboxylic acids is 5. The minimum Gasteiger partial charge on any atom is -0.461 e. The van der Waals surface area contributed by atoms with Crippen LogP contribution in [0.5, 0.6) is 0 Å². The van der Waals surface area contributed by atoms with E-state index in [2.05, 4.69) is 16.5 Å². The zero-order valence-electron chi connectivity index (χ0n) is 31.3. The van der Waals surface area contributed by atoms with E-state index in [-0.39, 0.29) is 17.5 Å². The third-order valence-electron chi connectivity index (χ3n) is 11.4. The molecular weight excluding hydrogens is 700 g/mol. The summed E-state index contributed by atoms with van der Waals surface area (Å²) in [6.45, 7) is 15.0. The van der Waals surface area contributed by atoms with Crippen molar-refractivity contribution in [2.24, 2.45) is 35.0 Å². The highest BCUT2D eigenvalue weighted by Crippen LogP contribution is 2.70. The summed E-state index contributed by atoms with van der Waals surface area (Å²) < 4.78 is 38.3.